The molecule has 0 amide bonds. The fraction of sp³-hybridized carbons (Fsp3) is 0.174. The van der Waals surface area contributed by atoms with Gasteiger partial charge in [0.15, 0.2) is 11.5 Å². The third kappa shape index (κ3) is 4.84. The van der Waals surface area contributed by atoms with E-state index >= 15 is 0 Å². The fourth-order valence-corrected chi connectivity index (χ4v) is 3.68. The molecule has 0 radical (unpaired) electrons. The van der Waals surface area contributed by atoms with Crippen LogP contribution in [-0.2, 0) is 16.1 Å². The van der Waals surface area contributed by atoms with Gasteiger partial charge in [0.25, 0.3) is 0 Å². The van der Waals surface area contributed by atoms with Gasteiger partial charge in [0.2, 0.25) is 0 Å². The Hall–Kier alpha value is -2.54. The maximum Gasteiger partial charge on any atom is 0.330 e. The number of benzene rings is 3. The molecule has 3 aromatic carbocycles. The summed E-state index contributed by atoms with van der Waals surface area (Å²) < 4.78 is 17.5. The van der Waals surface area contributed by atoms with Crippen molar-refractivity contribution in [3.63, 3.8) is 0 Å². The Balaban J connectivity index is 1.83. The zero-order chi connectivity index (χ0) is 19.9. The fourth-order valence-electron chi connectivity index (χ4n) is 2.90. The van der Waals surface area contributed by atoms with E-state index in [0.29, 0.717) is 24.7 Å². The summed E-state index contributed by atoms with van der Waals surface area (Å²) in [5.41, 5.74) is 1.95. The van der Waals surface area contributed by atoms with Crippen molar-refractivity contribution in [3.8, 4) is 11.5 Å². The maximum atomic E-state index is 11.5. The molecule has 0 aliphatic rings. The number of hydrogen-bond acceptors (Lipinski definition) is 4. The van der Waals surface area contributed by atoms with Gasteiger partial charge in [-0.05, 0) is 69.6 Å². The highest BCUT2D eigenvalue weighted by molar-refractivity contribution is 14.1. The summed E-state index contributed by atoms with van der Waals surface area (Å²) in [6, 6.07) is 18.2. The van der Waals surface area contributed by atoms with Crippen molar-refractivity contribution in [3.05, 3.63) is 75.4 Å². The lowest BCUT2D eigenvalue weighted by Crippen LogP contribution is -2.01. The van der Waals surface area contributed by atoms with Gasteiger partial charge in [-0.15, -0.1) is 0 Å². The average Bonchev–Trinajstić information content (AvgIpc) is 2.71. The molecule has 0 aliphatic carbocycles. The molecular formula is C23H21IO4. The standard InChI is InChI=1S/C23H21IO4/c1-3-27-22(25)12-11-16-13-20(24)23(21(14-16)26-2)28-15-18-9-6-8-17-7-4-5-10-19(17)18/h4-14H,3,15H2,1-2H3/b12-11+. The monoisotopic (exact) mass is 488 g/mol. The van der Waals surface area contributed by atoms with Crippen LogP contribution in [-0.4, -0.2) is 19.7 Å². The lowest BCUT2D eigenvalue weighted by molar-refractivity contribution is -0.137. The third-order valence-corrected chi connectivity index (χ3v) is 5.00. The van der Waals surface area contributed by atoms with Crippen LogP contribution in [0.15, 0.2) is 60.7 Å². The molecule has 0 spiro atoms. The van der Waals surface area contributed by atoms with E-state index in [4.69, 9.17) is 14.2 Å². The Bertz CT molecular complexity index is 1010. The van der Waals surface area contributed by atoms with Crippen LogP contribution in [0.25, 0.3) is 16.8 Å². The van der Waals surface area contributed by atoms with Gasteiger partial charge in [0, 0.05) is 6.08 Å². The van der Waals surface area contributed by atoms with E-state index in [-0.39, 0.29) is 5.97 Å². The first-order valence-electron chi connectivity index (χ1n) is 8.94. The summed E-state index contributed by atoms with van der Waals surface area (Å²) in [7, 11) is 1.61. The highest BCUT2D eigenvalue weighted by Gasteiger charge is 2.12. The lowest BCUT2D eigenvalue weighted by Gasteiger charge is -2.14. The number of rotatable bonds is 7. The Morgan fingerprint density at radius 3 is 2.68 bits per heavy atom. The zero-order valence-electron chi connectivity index (χ0n) is 15.8. The molecule has 0 saturated carbocycles. The molecular weight excluding hydrogens is 467 g/mol. The number of carbonyl (C=O) groups excluding carboxylic acids is 1. The van der Waals surface area contributed by atoms with Crippen molar-refractivity contribution >= 4 is 45.4 Å². The molecule has 0 atom stereocenters. The highest BCUT2D eigenvalue weighted by Crippen LogP contribution is 2.35. The largest absolute Gasteiger partial charge is 0.493 e. The summed E-state index contributed by atoms with van der Waals surface area (Å²) in [5, 5.41) is 2.36. The minimum absolute atomic E-state index is 0.352. The molecule has 5 heteroatoms. The van der Waals surface area contributed by atoms with Gasteiger partial charge in [-0.25, -0.2) is 4.79 Å². The molecule has 0 aromatic heterocycles. The summed E-state index contributed by atoms with van der Waals surface area (Å²) in [6.45, 7) is 2.57. The van der Waals surface area contributed by atoms with Gasteiger partial charge >= 0.3 is 5.97 Å². The predicted octanol–water partition coefficient (Wildman–Crippen LogP) is 5.61. The number of carbonyl (C=O) groups is 1. The molecule has 0 heterocycles. The van der Waals surface area contributed by atoms with E-state index in [1.807, 2.05) is 30.3 Å². The second kappa shape index (κ2) is 9.59. The van der Waals surface area contributed by atoms with Gasteiger partial charge in [0.05, 0.1) is 17.3 Å². The van der Waals surface area contributed by atoms with Crippen molar-refractivity contribution in [1.82, 2.24) is 0 Å². The molecule has 4 nitrogen and oxygen atoms in total. The van der Waals surface area contributed by atoms with E-state index in [0.717, 1.165) is 14.7 Å². The molecule has 0 unspecified atom stereocenters. The summed E-state index contributed by atoms with van der Waals surface area (Å²) >= 11 is 2.21. The van der Waals surface area contributed by atoms with E-state index in [1.54, 1.807) is 20.1 Å². The number of methoxy groups -OCH3 is 1. The van der Waals surface area contributed by atoms with Crippen LogP contribution < -0.4 is 9.47 Å². The van der Waals surface area contributed by atoms with Crippen molar-refractivity contribution in [1.29, 1.82) is 0 Å². The van der Waals surface area contributed by atoms with Gasteiger partial charge in [-0.3, -0.25) is 0 Å². The van der Waals surface area contributed by atoms with Gasteiger partial charge in [0.1, 0.15) is 6.61 Å². The van der Waals surface area contributed by atoms with Crippen LogP contribution in [0.4, 0.5) is 0 Å². The predicted molar refractivity (Wildman–Crippen MR) is 120 cm³/mol. The van der Waals surface area contributed by atoms with E-state index in [9.17, 15) is 4.79 Å². The number of esters is 1. The summed E-state index contributed by atoms with van der Waals surface area (Å²) in [6.07, 6.45) is 3.11. The molecule has 3 aromatic rings. The summed E-state index contributed by atoms with van der Waals surface area (Å²) in [4.78, 5) is 11.5. The van der Waals surface area contributed by atoms with Crippen LogP contribution in [0.1, 0.15) is 18.1 Å². The van der Waals surface area contributed by atoms with E-state index in [2.05, 4.69) is 46.9 Å². The number of hydrogen-bond donors (Lipinski definition) is 0. The van der Waals surface area contributed by atoms with Crippen molar-refractivity contribution in [2.75, 3.05) is 13.7 Å². The Labute approximate surface area is 178 Å². The van der Waals surface area contributed by atoms with Crippen LogP contribution in [0.5, 0.6) is 11.5 Å². The minimum Gasteiger partial charge on any atom is -0.493 e. The topological polar surface area (TPSA) is 44.8 Å². The van der Waals surface area contributed by atoms with Crippen molar-refractivity contribution in [2.45, 2.75) is 13.5 Å². The van der Waals surface area contributed by atoms with Crippen LogP contribution in [0.3, 0.4) is 0 Å². The first kappa shape index (κ1) is 20.2. The van der Waals surface area contributed by atoms with Crippen molar-refractivity contribution in [2.24, 2.45) is 0 Å². The van der Waals surface area contributed by atoms with Crippen molar-refractivity contribution < 1.29 is 19.0 Å². The smallest absolute Gasteiger partial charge is 0.330 e. The second-order valence-electron chi connectivity index (χ2n) is 6.05. The Morgan fingerprint density at radius 1 is 1.11 bits per heavy atom. The SMILES string of the molecule is CCOC(=O)/C=C/c1cc(I)c(OCc2cccc3ccccc23)c(OC)c1. The number of ether oxygens (including phenoxy) is 3. The van der Waals surface area contributed by atoms with E-state index in [1.165, 1.54) is 16.8 Å². The molecule has 0 fully saturated rings. The van der Waals surface area contributed by atoms with Crippen LogP contribution >= 0.6 is 22.6 Å². The lowest BCUT2D eigenvalue weighted by atomic mass is 10.1. The highest BCUT2D eigenvalue weighted by atomic mass is 127. The molecule has 28 heavy (non-hydrogen) atoms. The number of halogens is 1. The van der Waals surface area contributed by atoms with Gasteiger partial charge in [-0.2, -0.15) is 0 Å². The first-order valence-corrected chi connectivity index (χ1v) is 10.0. The molecule has 144 valence electrons. The molecule has 0 bridgehead atoms. The quantitative estimate of drug-likeness (QED) is 0.247. The number of fused-ring (bicyclic) bond motifs is 1. The second-order valence-corrected chi connectivity index (χ2v) is 7.21. The Kier molecular flexibility index (Phi) is 6.92. The van der Waals surface area contributed by atoms with Gasteiger partial charge < -0.3 is 14.2 Å². The Morgan fingerprint density at radius 2 is 1.89 bits per heavy atom. The molecule has 3 rings (SSSR count). The first-order chi connectivity index (χ1) is 13.6. The summed E-state index contributed by atoms with van der Waals surface area (Å²) in [5.74, 6) is 0.938. The van der Waals surface area contributed by atoms with Gasteiger partial charge in [-0.1, -0.05) is 42.5 Å². The molecule has 0 aliphatic heterocycles. The zero-order valence-corrected chi connectivity index (χ0v) is 17.9. The van der Waals surface area contributed by atoms with E-state index < -0.39 is 0 Å². The normalized spacial score (nSPS) is 11.0. The third-order valence-electron chi connectivity index (χ3n) is 4.20. The van der Waals surface area contributed by atoms with Crippen LogP contribution in [0, 0.1) is 3.57 Å². The average molecular weight is 488 g/mol. The maximum absolute atomic E-state index is 11.5. The minimum atomic E-state index is -0.368. The molecule has 0 saturated heterocycles. The van der Waals surface area contributed by atoms with Crippen LogP contribution in [0.2, 0.25) is 0 Å². The molecule has 0 N–H and O–H groups in total.